The number of nitrogens with one attached hydrogen (secondary N) is 1. The number of aromatic nitrogens is 3. The lowest BCUT2D eigenvalue weighted by atomic mass is 10.2. The van der Waals surface area contributed by atoms with Gasteiger partial charge < -0.3 is 10.1 Å². The van der Waals surface area contributed by atoms with Crippen molar-refractivity contribution in [1.29, 1.82) is 0 Å². The molecule has 0 aliphatic carbocycles. The maximum Gasteiger partial charge on any atom is 0.296 e. The number of hydrogen-bond donors (Lipinski definition) is 1. The molecule has 0 spiro atoms. The molecule has 154 valence electrons. The smallest absolute Gasteiger partial charge is 0.296 e. The Bertz CT molecular complexity index is 1220. The molecule has 3 rings (SSSR count). The van der Waals surface area contributed by atoms with Gasteiger partial charge in [-0.3, -0.25) is 19.9 Å². The van der Waals surface area contributed by atoms with E-state index in [-0.39, 0.29) is 16.5 Å². The first-order chi connectivity index (χ1) is 14.1. The summed E-state index contributed by atoms with van der Waals surface area (Å²) < 4.78 is 42.5. The van der Waals surface area contributed by atoms with Gasteiger partial charge in [0.1, 0.15) is 17.1 Å². The molecular formula is C17H12FN5O6S. The lowest BCUT2D eigenvalue weighted by Crippen LogP contribution is -2.15. The molecule has 3 aromatic rings. The second kappa shape index (κ2) is 8.16. The highest BCUT2D eigenvalue weighted by Crippen LogP contribution is 2.34. The van der Waals surface area contributed by atoms with Crippen molar-refractivity contribution in [1.82, 2.24) is 15.0 Å². The van der Waals surface area contributed by atoms with Crippen LogP contribution in [0.25, 0.3) is 0 Å². The van der Waals surface area contributed by atoms with Gasteiger partial charge in [0.25, 0.3) is 11.6 Å². The van der Waals surface area contributed by atoms with Crippen LogP contribution in [-0.4, -0.2) is 40.5 Å². The molecule has 0 fully saturated rings. The number of ether oxygens (including phenoxy) is 1. The number of anilines is 1. The Morgan fingerprint density at radius 2 is 1.97 bits per heavy atom. The molecule has 13 heteroatoms. The number of hydrogen-bond acceptors (Lipinski definition) is 9. The molecule has 1 aromatic carbocycles. The first-order valence-corrected chi connectivity index (χ1v) is 9.93. The van der Waals surface area contributed by atoms with Gasteiger partial charge in [0, 0.05) is 24.7 Å². The molecule has 30 heavy (non-hydrogen) atoms. The van der Waals surface area contributed by atoms with Crippen LogP contribution >= 0.6 is 0 Å². The van der Waals surface area contributed by atoms with Crippen molar-refractivity contribution < 1.29 is 27.3 Å². The first-order valence-electron chi connectivity index (χ1n) is 8.04. The molecule has 1 amide bonds. The summed E-state index contributed by atoms with van der Waals surface area (Å²) >= 11 is 0. The van der Waals surface area contributed by atoms with E-state index in [1.165, 1.54) is 18.5 Å². The number of rotatable bonds is 6. The van der Waals surface area contributed by atoms with Crippen molar-refractivity contribution in [2.24, 2.45) is 0 Å². The Labute approximate surface area is 168 Å². The maximum atomic E-state index is 14.5. The second-order valence-corrected chi connectivity index (χ2v) is 7.77. The number of carbonyl (C=O) groups is 1. The zero-order valence-electron chi connectivity index (χ0n) is 15.1. The minimum absolute atomic E-state index is 0.0491. The van der Waals surface area contributed by atoms with Crippen molar-refractivity contribution in [3.05, 3.63) is 70.7 Å². The third-order valence-electron chi connectivity index (χ3n) is 3.61. The van der Waals surface area contributed by atoms with Crippen LogP contribution in [0.3, 0.4) is 0 Å². The summed E-state index contributed by atoms with van der Waals surface area (Å²) in [6.07, 6.45) is 5.73. The number of nitro groups is 1. The van der Waals surface area contributed by atoms with E-state index in [1.807, 2.05) is 0 Å². The summed E-state index contributed by atoms with van der Waals surface area (Å²) in [6, 6.07) is 3.87. The van der Waals surface area contributed by atoms with Gasteiger partial charge in [0.05, 0.1) is 23.4 Å². The third kappa shape index (κ3) is 4.70. The molecule has 2 aromatic heterocycles. The number of sulfone groups is 1. The predicted molar refractivity (Wildman–Crippen MR) is 100 cm³/mol. The standard InChI is InChI=1S/C17H12FN5O6S/c1-30(27,28)16-3-2-10(8-21-16)29-15-7-14(23(25)26)12(6-11(15)18)22-17(24)13-9-19-4-5-20-13/h2-9H,1H3,(H,22,24). The van der Waals surface area contributed by atoms with Gasteiger partial charge in [-0.2, -0.15) is 0 Å². The predicted octanol–water partition coefficient (Wildman–Crippen LogP) is 2.37. The van der Waals surface area contributed by atoms with E-state index >= 15 is 0 Å². The van der Waals surface area contributed by atoms with Gasteiger partial charge in [-0.1, -0.05) is 0 Å². The molecule has 1 N–H and O–H groups in total. The van der Waals surface area contributed by atoms with Crippen molar-refractivity contribution in [2.45, 2.75) is 5.03 Å². The van der Waals surface area contributed by atoms with Gasteiger partial charge in [-0.15, -0.1) is 0 Å². The summed E-state index contributed by atoms with van der Waals surface area (Å²) in [5.74, 6) is -2.40. The van der Waals surface area contributed by atoms with Crippen LogP contribution in [0.4, 0.5) is 15.8 Å². The Balaban J connectivity index is 1.89. The number of nitrogens with zero attached hydrogens (tertiary/aromatic N) is 4. The van der Waals surface area contributed by atoms with Gasteiger partial charge >= 0.3 is 0 Å². The summed E-state index contributed by atoms with van der Waals surface area (Å²) in [6.45, 7) is 0. The van der Waals surface area contributed by atoms with E-state index < -0.39 is 43.6 Å². The molecule has 0 unspecified atom stereocenters. The first kappa shape index (κ1) is 20.7. The van der Waals surface area contributed by atoms with Crippen LogP contribution in [-0.2, 0) is 9.84 Å². The summed E-state index contributed by atoms with van der Waals surface area (Å²) in [5.41, 5.74) is -1.17. The molecule has 2 heterocycles. The monoisotopic (exact) mass is 433 g/mol. The average molecular weight is 433 g/mol. The van der Waals surface area contributed by atoms with Crippen LogP contribution in [0.2, 0.25) is 0 Å². The van der Waals surface area contributed by atoms with Crippen LogP contribution in [0.5, 0.6) is 11.5 Å². The van der Waals surface area contributed by atoms with E-state index in [0.29, 0.717) is 0 Å². The zero-order valence-corrected chi connectivity index (χ0v) is 16.0. The Morgan fingerprint density at radius 1 is 1.20 bits per heavy atom. The lowest BCUT2D eigenvalue weighted by Gasteiger charge is -2.10. The summed E-state index contributed by atoms with van der Waals surface area (Å²) in [7, 11) is -3.54. The molecule has 0 saturated carbocycles. The molecule has 0 atom stereocenters. The quantitative estimate of drug-likeness (QED) is 0.455. The number of amides is 1. The average Bonchev–Trinajstić information content (AvgIpc) is 2.70. The Kier molecular flexibility index (Phi) is 5.64. The second-order valence-electron chi connectivity index (χ2n) is 5.81. The van der Waals surface area contributed by atoms with Crippen molar-refractivity contribution in [2.75, 3.05) is 11.6 Å². The van der Waals surface area contributed by atoms with Gasteiger partial charge in [0.15, 0.2) is 26.4 Å². The number of pyridine rings is 1. The molecule has 0 radical (unpaired) electrons. The van der Waals surface area contributed by atoms with Crippen LogP contribution in [0.15, 0.2) is 54.1 Å². The molecule has 0 bridgehead atoms. The van der Waals surface area contributed by atoms with Crippen molar-refractivity contribution in [3.63, 3.8) is 0 Å². The summed E-state index contributed by atoms with van der Waals surface area (Å²) in [5, 5.41) is 13.4. The summed E-state index contributed by atoms with van der Waals surface area (Å²) in [4.78, 5) is 33.8. The van der Waals surface area contributed by atoms with E-state index in [2.05, 4.69) is 20.3 Å². The largest absolute Gasteiger partial charge is 0.452 e. The van der Waals surface area contributed by atoms with E-state index in [0.717, 1.165) is 36.8 Å². The normalized spacial score (nSPS) is 11.0. The third-order valence-corrected chi connectivity index (χ3v) is 4.61. The van der Waals surface area contributed by atoms with Crippen molar-refractivity contribution >= 4 is 27.1 Å². The Morgan fingerprint density at radius 3 is 2.53 bits per heavy atom. The molecule has 0 aliphatic rings. The van der Waals surface area contributed by atoms with Crippen LogP contribution < -0.4 is 10.1 Å². The van der Waals surface area contributed by atoms with Crippen molar-refractivity contribution in [3.8, 4) is 11.5 Å². The molecule has 0 saturated heterocycles. The lowest BCUT2D eigenvalue weighted by molar-refractivity contribution is -0.384. The Hall–Kier alpha value is -4.00. The number of carbonyl (C=O) groups excluding carboxylic acids is 1. The molecule has 11 nitrogen and oxygen atoms in total. The van der Waals surface area contributed by atoms with Crippen LogP contribution in [0.1, 0.15) is 10.5 Å². The number of halogens is 1. The van der Waals surface area contributed by atoms with Crippen LogP contribution in [0, 0.1) is 15.9 Å². The highest BCUT2D eigenvalue weighted by atomic mass is 32.2. The highest BCUT2D eigenvalue weighted by Gasteiger charge is 2.22. The van der Waals surface area contributed by atoms with Gasteiger partial charge in [-0.25, -0.2) is 22.8 Å². The fourth-order valence-corrected chi connectivity index (χ4v) is 2.81. The highest BCUT2D eigenvalue weighted by molar-refractivity contribution is 7.90. The zero-order chi connectivity index (χ0) is 21.9. The van der Waals surface area contributed by atoms with E-state index in [9.17, 15) is 27.7 Å². The SMILES string of the molecule is CS(=O)(=O)c1ccc(Oc2cc([N+](=O)[O-])c(NC(=O)c3cnccn3)cc2F)cn1. The van der Waals surface area contributed by atoms with Gasteiger partial charge in [0.2, 0.25) is 0 Å². The topological polar surface area (TPSA) is 154 Å². The number of benzene rings is 1. The minimum atomic E-state index is -3.54. The fourth-order valence-electron chi connectivity index (χ4n) is 2.25. The fraction of sp³-hybridized carbons (Fsp3) is 0.0588. The minimum Gasteiger partial charge on any atom is -0.452 e. The van der Waals surface area contributed by atoms with Gasteiger partial charge in [-0.05, 0) is 12.1 Å². The number of nitro benzene ring substituents is 1. The maximum absolute atomic E-state index is 14.5. The molecular weight excluding hydrogens is 421 g/mol. The van der Waals surface area contributed by atoms with E-state index in [1.54, 1.807) is 0 Å². The van der Waals surface area contributed by atoms with E-state index in [4.69, 9.17) is 4.74 Å². The molecule has 0 aliphatic heterocycles.